The van der Waals surface area contributed by atoms with E-state index in [0.717, 1.165) is 26.9 Å². The van der Waals surface area contributed by atoms with Crippen LogP contribution in [0, 0.1) is 0 Å². The number of rotatable bonds is 7. The van der Waals surface area contributed by atoms with Gasteiger partial charge in [0.2, 0.25) is 11.8 Å². The molecular weight excluding hydrogens is 482 g/mol. The molecule has 0 saturated carbocycles. The van der Waals surface area contributed by atoms with E-state index in [1.54, 1.807) is 37.9 Å². The van der Waals surface area contributed by atoms with Crippen molar-refractivity contribution in [3.63, 3.8) is 0 Å². The molecule has 176 valence electrons. The molecule has 4 rings (SSSR count). The van der Waals surface area contributed by atoms with Gasteiger partial charge in [0.15, 0.2) is 0 Å². The Balaban J connectivity index is 1.44. The van der Waals surface area contributed by atoms with Gasteiger partial charge < -0.3 is 14.5 Å². The quantitative estimate of drug-likeness (QED) is 0.417. The molecule has 2 aliphatic heterocycles. The third kappa shape index (κ3) is 5.20. The highest BCUT2D eigenvalue weighted by Crippen LogP contribution is 2.47. The predicted octanol–water partition coefficient (Wildman–Crippen LogP) is 3.92. The van der Waals surface area contributed by atoms with Crippen LogP contribution in [0.5, 0.6) is 0 Å². The van der Waals surface area contributed by atoms with Gasteiger partial charge in [-0.15, -0.1) is 23.1 Å². The van der Waals surface area contributed by atoms with Gasteiger partial charge in [-0.2, -0.15) is 0 Å². The van der Waals surface area contributed by atoms with E-state index in [1.807, 2.05) is 21.9 Å². The van der Waals surface area contributed by atoms with Crippen molar-refractivity contribution in [2.45, 2.75) is 42.7 Å². The SMILES string of the molecule is CCOC(=O)CCSc1cnc(CC(=O)N2C[C@]3(CCN(C(C)=O)C3)c3cc(Cl)ccc32)s1. The van der Waals surface area contributed by atoms with E-state index in [2.05, 4.69) is 4.98 Å². The zero-order chi connectivity index (χ0) is 23.6. The van der Waals surface area contributed by atoms with E-state index in [-0.39, 0.29) is 29.6 Å². The van der Waals surface area contributed by atoms with Crippen molar-refractivity contribution >= 4 is 58.2 Å². The number of aromatic nitrogens is 1. The molecule has 1 aromatic carbocycles. The van der Waals surface area contributed by atoms with Gasteiger partial charge in [-0.25, -0.2) is 4.98 Å². The first kappa shape index (κ1) is 24.0. The third-order valence-electron chi connectivity index (χ3n) is 6.07. The van der Waals surface area contributed by atoms with Gasteiger partial charge in [0.1, 0.15) is 5.01 Å². The Labute approximate surface area is 206 Å². The molecule has 1 saturated heterocycles. The van der Waals surface area contributed by atoms with Crippen LogP contribution in [-0.4, -0.2) is 59.7 Å². The molecule has 0 bridgehead atoms. The smallest absolute Gasteiger partial charge is 0.306 e. The van der Waals surface area contributed by atoms with Crippen LogP contribution < -0.4 is 4.90 Å². The van der Waals surface area contributed by atoms with Gasteiger partial charge in [0, 0.05) is 48.4 Å². The lowest BCUT2D eigenvalue weighted by Gasteiger charge is -2.25. The van der Waals surface area contributed by atoms with Crippen molar-refractivity contribution in [3.8, 4) is 0 Å². The van der Waals surface area contributed by atoms with E-state index in [1.165, 1.54) is 11.3 Å². The molecule has 1 aromatic heterocycles. The summed E-state index contributed by atoms with van der Waals surface area (Å²) in [7, 11) is 0. The fraction of sp³-hybridized carbons (Fsp3) is 0.478. The summed E-state index contributed by atoms with van der Waals surface area (Å²) in [6.07, 6.45) is 3.11. The Hall–Kier alpha value is -2.10. The van der Waals surface area contributed by atoms with E-state index in [4.69, 9.17) is 16.3 Å². The van der Waals surface area contributed by atoms with E-state index < -0.39 is 0 Å². The molecule has 1 fully saturated rings. The largest absolute Gasteiger partial charge is 0.466 e. The number of esters is 1. The second-order valence-corrected chi connectivity index (χ2v) is 11.2. The van der Waals surface area contributed by atoms with Crippen LogP contribution in [0.1, 0.15) is 37.3 Å². The molecule has 0 radical (unpaired) electrons. The van der Waals surface area contributed by atoms with Crippen LogP contribution in [0.25, 0.3) is 0 Å². The summed E-state index contributed by atoms with van der Waals surface area (Å²) in [5.41, 5.74) is 1.63. The van der Waals surface area contributed by atoms with Crippen LogP contribution in [-0.2, 0) is 31.0 Å². The predicted molar refractivity (Wildman–Crippen MR) is 130 cm³/mol. The molecule has 10 heteroatoms. The number of carbonyl (C=O) groups is 3. The topological polar surface area (TPSA) is 79.8 Å². The second-order valence-electron chi connectivity index (χ2n) is 8.27. The Kier molecular flexibility index (Phi) is 7.31. The lowest BCUT2D eigenvalue weighted by atomic mass is 9.81. The summed E-state index contributed by atoms with van der Waals surface area (Å²) < 4.78 is 5.92. The second kappa shape index (κ2) is 10.0. The maximum Gasteiger partial charge on any atom is 0.306 e. The first-order valence-electron chi connectivity index (χ1n) is 10.9. The molecule has 0 N–H and O–H groups in total. The molecule has 7 nitrogen and oxygen atoms in total. The van der Waals surface area contributed by atoms with Crippen LogP contribution in [0.15, 0.2) is 28.6 Å². The number of carbonyl (C=O) groups excluding carboxylic acids is 3. The molecule has 0 aliphatic carbocycles. The van der Waals surface area contributed by atoms with Crippen molar-refractivity contribution in [2.75, 3.05) is 36.9 Å². The highest BCUT2D eigenvalue weighted by Gasteiger charge is 2.49. The highest BCUT2D eigenvalue weighted by atomic mass is 35.5. The lowest BCUT2D eigenvalue weighted by molar-refractivity contribution is -0.142. The van der Waals surface area contributed by atoms with Gasteiger partial charge in [-0.05, 0) is 37.1 Å². The van der Waals surface area contributed by atoms with E-state index in [9.17, 15) is 14.4 Å². The standard InChI is InChI=1S/C23H26ClN3O4S2/c1-3-31-21(30)6-9-32-22-12-25-19(33-22)11-20(29)27-14-23(7-8-26(13-23)15(2)28)17-10-16(24)4-5-18(17)27/h4-5,10,12H,3,6-9,11,13-14H2,1-2H3/t23-/m1/s1. The molecule has 3 heterocycles. The number of thioether (sulfide) groups is 1. The minimum absolute atomic E-state index is 0.0193. The Bertz CT molecular complexity index is 1080. The summed E-state index contributed by atoms with van der Waals surface area (Å²) in [5, 5.41) is 1.37. The van der Waals surface area contributed by atoms with Crippen molar-refractivity contribution in [3.05, 3.63) is 40.0 Å². The van der Waals surface area contributed by atoms with E-state index >= 15 is 0 Å². The summed E-state index contributed by atoms with van der Waals surface area (Å²) in [6.45, 7) is 5.58. The number of hydrogen-bond donors (Lipinski definition) is 0. The zero-order valence-corrected chi connectivity index (χ0v) is 21.0. The van der Waals surface area contributed by atoms with Gasteiger partial charge >= 0.3 is 5.97 Å². The highest BCUT2D eigenvalue weighted by molar-refractivity contribution is 8.01. The van der Waals surface area contributed by atoms with Gasteiger partial charge in [-0.1, -0.05) is 11.6 Å². The fourth-order valence-electron chi connectivity index (χ4n) is 4.49. The van der Waals surface area contributed by atoms with Crippen LogP contribution in [0.3, 0.4) is 0 Å². The molecule has 1 atom stereocenters. The summed E-state index contributed by atoms with van der Waals surface area (Å²) in [4.78, 5) is 44.8. The maximum absolute atomic E-state index is 13.3. The molecule has 2 amide bonds. The lowest BCUT2D eigenvalue weighted by Crippen LogP contribution is -2.40. The maximum atomic E-state index is 13.3. The Morgan fingerprint density at radius 2 is 2.12 bits per heavy atom. The average Bonchev–Trinajstić information content (AvgIpc) is 3.47. The summed E-state index contributed by atoms with van der Waals surface area (Å²) >= 11 is 9.32. The normalized spacial score (nSPS) is 19.2. The van der Waals surface area contributed by atoms with Crippen LogP contribution in [0.2, 0.25) is 5.02 Å². The number of amides is 2. The number of fused-ring (bicyclic) bond motifs is 2. The Morgan fingerprint density at radius 1 is 1.30 bits per heavy atom. The zero-order valence-electron chi connectivity index (χ0n) is 18.6. The summed E-state index contributed by atoms with van der Waals surface area (Å²) in [6, 6.07) is 5.65. The monoisotopic (exact) mass is 507 g/mol. The minimum Gasteiger partial charge on any atom is -0.466 e. The molecule has 0 unspecified atom stereocenters. The van der Waals surface area contributed by atoms with E-state index in [0.29, 0.717) is 43.4 Å². The molecule has 2 aromatic rings. The first-order valence-corrected chi connectivity index (χ1v) is 13.1. The van der Waals surface area contributed by atoms with Crippen molar-refractivity contribution < 1.29 is 19.1 Å². The molecular formula is C23H26ClN3O4S2. The molecule has 1 spiro atoms. The number of thiazole rings is 1. The minimum atomic E-state index is -0.279. The number of nitrogens with zero attached hydrogens (tertiary/aromatic N) is 3. The van der Waals surface area contributed by atoms with Gasteiger partial charge in [0.25, 0.3) is 0 Å². The fourth-order valence-corrected chi connectivity index (χ4v) is 6.67. The van der Waals surface area contributed by atoms with Crippen LogP contribution in [0.4, 0.5) is 5.69 Å². The average molecular weight is 508 g/mol. The van der Waals surface area contributed by atoms with Crippen molar-refractivity contribution in [2.24, 2.45) is 0 Å². The van der Waals surface area contributed by atoms with Crippen molar-refractivity contribution in [1.29, 1.82) is 0 Å². The first-order chi connectivity index (χ1) is 15.8. The number of halogens is 1. The number of likely N-dealkylation sites (tertiary alicyclic amines) is 1. The number of benzene rings is 1. The number of anilines is 1. The number of hydrogen-bond acceptors (Lipinski definition) is 7. The number of ether oxygens (including phenoxy) is 1. The molecule has 33 heavy (non-hydrogen) atoms. The Morgan fingerprint density at radius 3 is 2.85 bits per heavy atom. The van der Waals surface area contributed by atoms with Crippen molar-refractivity contribution in [1.82, 2.24) is 9.88 Å². The molecule has 2 aliphatic rings. The summed E-state index contributed by atoms with van der Waals surface area (Å²) in [5.74, 6) is 0.441. The van der Waals surface area contributed by atoms with Gasteiger partial charge in [0.05, 0.1) is 29.9 Å². The van der Waals surface area contributed by atoms with Gasteiger partial charge in [-0.3, -0.25) is 14.4 Å². The van der Waals surface area contributed by atoms with Crippen LogP contribution >= 0.6 is 34.7 Å². The third-order valence-corrected chi connectivity index (χ3v) is 8.50.